The summed E-state index contributed by atoms with van der Waals surface area (Å²) in [5.74, 6) is -1.07. The Morgan fingerprint density at radius 1 is 1.08 bits per heavy atom. The maximum atomic E-state index is 12.4. The minimum Gasteiger partial charge on any atom is -0.462 e. The highest BCUT2D eigenvalue weighted by atomic mass is 19.4. The van der Waals surface area contributed by atoms with E-state index >= 15 is 0 Å². The Morgan fingerprint density at radius 2 is 1.71 bits per heavy atom. The van der Waals surface area contributed by atoms with Gasteiger partial charge in [-0.3, -0.25) is 0 Å². The molecule has 0 spiro atoms. The Labute approximate surface area is 135 Å². The van der Waals surface area contributed by atoms with Crippen LogP contribution >= 0.6 is 0 Å². The van der Waals surface area contributed by atoms with Gasteiger partial charge in [0.2, 0.25) is 0 Å². The molecule has 5 nitrogen and oxygen atoms in total. The lowest BCUT2D eigenvalue weighted by Gasteiger charge is -2.14. The van der Waals surface area contributed by atoms with E-state index in [0.29, 0.717) is 11.4 Å². The molecule has 0 atom stereocenters. The smallest absolute Gasteiger partial charge is 0.462 e. The second-order valence-electron chi connectivity index (χ2n) is 4.60. The van der Waals surface area contributed by atoms with E-state index in [1.165, 1.54) is 12.1 Å². The highest BCUT2D eigenvalue weighted by Gasteiger charge is 2.31. The van der Waals surface area contributed by atoms with Crippen molar-refractivity contribution in [3.05, 3.63) is 48.0 Å². The number of rotatable bonds is 5. The molecule has 128 valence electrons. The first-order valence-corrected chi connectivity index (χ1v) is 6.89. The van der Waals surface area contributed by atoms with E-state index in [4.69, 9.17) is 15.2 Å². The van der Waals surface area contributed by atoms with Gasteiger partial charge in [-0.05, 0) is 43.3 Å². The molecule has 0 saturated heterocycles. The van der Waals surface area contributed by atoms with E-state index in [1.54, 1.807) is 19.1 Å². The Balaban J connectivity index is 2.36. The van der Waals surface area contributed by atoms with Crippen molar-refractivity contribution in [3.8, 4) is 17.2 Å². The van der Waals surface area contributed by atoms with Crippen LogP contribution in [0.1, 0.15) is 17.3 Å². The highest BCUT2D eigenvalue weighted by Crippen LogP contribution is 2.32. The zero-order valence-electron chi connectivity index (χ0n) is 12.6. The van der Waals surface area contributed by atoms with Gasteiger partial charge in [0.05, 0.1) is 6.61 Å². The summed E-state index contributed by atoms with van der Waals surface area (Å²) in [7, 11) is 0. The van der Waals surface area contributed by atoms with Crippen LogP contribution < -0.4 is 15.2 Å². The molecule has 0 aromatic heterocycles. The highest BCUT2D eigenvalue weighted by molar-refractivity contribution is 5.93. The molecule has 0 aliphatic rings. The summed E-state index contributed by atoms with van der Waals surface area (Å²) >= 11 is 0. The third-order valence-corrected chi connectivity index (χ3v) is 2.79. The van der Waals surface area contributed by atoms with Crippen LogP contribution in [0.25, 0.3) is 0 Å². The van der Waals surface area contributed by atoms with Gasteiger partial charge in [0, 0.05) is 11.8 Å². The summed E-state index contributed by atoms with van der Waals surface area (Å²) in [4.78, 5) is 11.9. The minimum atomic E-state index is -4.86. The Hall–Kier alpha value is -2.90. The van der Waals surface area contributed by atoms with Crippen molar-refractivity contribution < 1.29 is 32.2 Å². The molecule has 0 heterocycles. The molecule has 0 amide bonds. The van der Waals surface area contributed by atoms with E-state index < -0.39 is 18.1 Å². The molecule has 2 aromatic carbocycles. The topological polar surface area (TPSA) is 70.8 Å². The summed E-state index contributed by atoms with van der Waals surface area (Å²) in [6.45, 7) is 1.72. The average molecular weight is 341 g/mol. The standard InChI is InChI=1S/C16H14F3NO4/c1-2-22-15(21)13-8-7-12(24-16(17,18)19)9-14(13)23-11-5-3-10(20)4-6-11/h3-9H,2,20H2,1H3. The number of hydrogen-bond donors (Lipinski definition) is 1. The molecule has 0 aliphatic carbocycles. The van der Waals surface area contributed by atoms with Crippen molar-refractivity contribution in [3.63, 3.8) is 0 Å². The summed E-state index contributed by atoms with van der Waals surface area (Å²) in [6.07, 6.45) is -4.86. The molecule has 24 heavy (non-hydrogen) atoms. The first-order chi connectivity index (χ1) is 11.3. The van der Waals surface area contributed by atoms with E-state index in [-0.39, 0.29) is 17.9 Å². The zero-order chi connectivity index (χ0) is 17.7. The van der Waals surface area contributed by atoms with E-state index in [0.717, 1.165) is 18.2 Å². The normalized spacial score (nSPS) is 11.0. The summed E-state index contributed by atoms with van der Waals surface area (Å²) in [5, 5.41) is 0. The molecule has 0 unspecified atom stereocenters. The molecule has 0 fully saturated rings. The number of carbonyl (C=O) groups excluding carboxylic acids is 1. The average Bonchev–Trinajstić information content (AvgIpc) is 2.48. The second kappa shape index (κ2) is 7.12. The Kier molecular flexibility index (Phi) is 5.18. The number of anilines is 1. The van der Waals surface area contributed by atoms with Gasteiger partial charge in [-0.15, -0.1) is 13.2 Å². The number of ether oxygens (including phenoxy) is 3. The van der Waals surface area contributed by atoms with Crippen LogP contribution in [0, 0.1) is 0 Å². The zero-order valence-corrected chi connectivity index (χ0v) is 12.6. The number of nitrogens with two attached hydrogens (primary N) is 1. The fraction of sp³-hybridized carbons (Fsp3) is 0.188. The van der Waals surface area contributed by atoms with Crippen LogP contribution in [-0.2, 0) is 4.74 Å². The fourth-order valence-electron chi connectivity index (χ4n) is 1.82. The first-order valence-electron chi connectivity index (χ1n) is 6.89. The number of esters is 1. The number of benzene rings is 2. The number of carbonyl (C=O) groups is 1. The van der Waals surface area contributed by atoms with Gasteiger partial charge in [-0.1, -0.05) is 0 Å². The molecule has 2 N–H and O–H groups in total. The van der Waals surface area contributed by atoms with Crippen LogP contribution in [0.15, 0.2) is 42.5 Å². The van der Waals surface area contributed by atoms with Crippen LogP contribution in [0.5, 0.6) is 17.2 Å². The predicted molar refractivity (Wildman–Crippen MR) is 80.0 cm³/mol. The fourth-order valence-corrected chi connectivity index (χ4v) is 1.82. The summed E-state index contributed by atoms with van der Waals surface area (Å²) in [6, 6.07) is 9.26. The van der Waals surface area contributed by atoms with E-state index in [2.05, 4.69) is 4.74 Å². The SMILES string of the molecule is CCOC(=O)c1ccc(OC(F)(F)F)cc1Oc1ccc(N)cc1. The molecule has 8 heteroatoms. The predicted octanol–water partition coefficient (Wildman–Crippen LogP) is 4.14. The van der Waals surface area contributed by atoms with Crippen LogP contribution in [0.2, 0.25) is 0 Å². The Bertz CT molecular complexity index is 714. The lowest BCUT2D eigenvalue weighted by molar-refractivity contribution is -0.274. The van der Waals surface area contributed by atoms with Gasteiger partial charge in [0.15, 0.2) is 0 Å². The van der Waals surface area contributed by atoms with Gasteiger partial charge >= 0.3 is 12.3 Å². The molecular formula is C16H14F3NO4. The molecule has 2 aromatic rings. The van der Waals surface area contributed by atoms with Crippen molar-refractivity contribution in [2.24, 2.45) is 0 Å². The van der Waals surface area contributed by atoms with Crippen molar-refractivity contribution >= 4 is 11.7 Å². The monoisotopic (exact) mass is 341 g/mol. The van der Waals surface area contributed by atoms with Gasteiger partial charge in [0.25, 0.3) is 0 Å². The number of halogens is 3. The van der Waals surface area contributed by atoms with Gasteiger partial charge < -0.3 is 19.9 Å². The van der Waals surface area contributed by atoms with Crippen LogP contribution in [0.4, 0.5) is 18.9 Å². The maximum absolute atomic E-state index is 12.4. The maximum Gasteiger partial charge on any atom is 0.573 e. The lowest BCUT2D eigenvalue weighted by Crippen LogP contribution is -2.17. The van der Waals surface area contributed by atoms with Crippen molar-refractivity contribution in [2.75, 3.05) is 12.3 Å². The van der Waals surface area contributed by atoms with E-state index in [9.17, 15) is 18.0 Å². The number of alkyl halides is 3. The van der Waals surface area contributed by atoms with Gasteiger partial charge in [0.1, 0.15) is 22.8 Å². The molecule has 0 aliphatic heterocycles. The van der Waals surface area contributed by atoms with Gasteiger partial charge in [-0.2, -0.15) is 0 Å². The minimum absolute atomic E-state index is 0.0248. The third-order valence-electron chi connectivity index (χ3n) is 2.79. The molecule has 0 saturated carbocycles. The molecular weight excluding hydrogens is 327 g/mol. The largest absolute Gasteiger partial charge is 0.573 e. The van der Waals surface area contributed by atoms with Crippen LogP contribution in [-0.4, -0.2) is 18.9 Å². The van der Waals surface area contributed by atoms with Gasteiger partial charge in [-0.25, -0.2) is 4.79 Å². The quantitative estimate of drug-likeness (QED) is 0.654. The number of hydrogen-bond acceptors (Lipinski definition) is 5. The Morgan fingerprint density at radius 3 is 2.29 bits per heavy atom. The van der Waals surface area contributed by atoms with Crippen molar-refractivity contribution in [1.29, 1.82) is 0 Å². The van der Waals surface area contributed by atoms with Crippen molar-refractivity contribution in [2.45, 2.75) is 13.3 Å². The second-order valence-corrected chi connectivity index (χ2v) is 4.60. The summed E-state index contributed by atoms with van der Waals surface area (Å²) in [5.41, 5.74) is 6.02. The van der Waals surface area contributed by atoms with Crippen molar-refractivity contribution in [1.82, 2.24) is 0 Å². The van der Waals surface area contributed by atoms with E-state index in [1.807, 2.05) is 0 Å². The molecule has 0 radical (unpaired) electrons. The number of nitrogen functional groups attached to an aromatic ring is 1. The first kappa shape index (κ1) is 17.5. The third kappa shape index (κ3) is 4.80. The lowest BCUT2D eigenvalue weighted by atomic mass is 10.2. The van der Waals surface area contributed by atoms with Crippen LogP contribution in [0.3, 0.4) is 0 Å². The molecule has 2 rings (SSSR count). The molecule has 0 bridgehead atoms. The summed E-state index contributed by atoms with van der Waals surface area (Å²) < 4.78 is 51.3.